The van der Waals surface area contributed by atoms with Gasteiger partial charge in [-0.15, -0.1) is 24.0 Å². The molecule has 134 valence electrons. The number of hydrogen-bond donors (Lipinski definition) is 2. The SMILES string of the molecule is C=C(C)CNC(N)=NCC1(c2ccc(OC)cc2)CCOCC1.I. The average Bonchev–Trinajstić information content (AvgIpc) is 2.59. The van der Waals surface area contributed by atoms with Gasteiger partial charge < -0.3 is 20.5 Å². The predicted molar refractivity (Wildman–Crippen MR) is 109 cm³/mol. The van der Waals surface area contributed by atoms with Crippen LogP contribution in [0.4, 0.5) is 0 Å². The Kier molecular flexibility index (Phi) is 8.55. The number of benzene rings is 1. The first-order valence-electron chi connectivity index (χ1n) is 7.96. The summed E-state index contributed by atoms with van der Waals surface area (Å²) in [6.07, 6.45) is 1.88. The van der Waals surface area contributed by atoms with E-state index in [4.69, 9.17) is 15.2 Å². The normalized spacial score (nSPS) is 16.8. The van der Waals surface area contributed by atoms with Crippen LogP contribution in [0.5, 0.6) is 5.75 Å². The lowest BCUT2D eigenvalue weighted by atomic mass is 9.74. The zero-order valence-corrected chi connectivity index (χ0v) is 16.8. The van der Waals surface area contributed by atoms with Gasteiger partial charge in [0.2, 0.25) is 0 Å². The van der Waals surface area contributed by atoms with Gasteiger partial charge in [-0.05, 0) is 37.5 Å². The molecule has 1 aromatic carbocycles. The first kappa shape index (κ1) is 20.8. The van der Waals surface area contributed by atoms with Crippen molar-refractivity contribution in [3.05, 3.63) is 42.0 Å². The number of halogens is 1. The van der Waals surface area contributed by atoms with Gasteiger partial charge in [0, 0.05) is 25.2 Å². The molecule has 0 atom stereocenters. The van der Waals surface area contributed by atoms with Crippen LogP contribution in [-0.4, -0.2) is 39.4 Å². The van der Waals surface area contributed by atoms with E-state index in [0.717, 1.165) is 37.4 Å². The highest BCUT2D eigenvalue weighted by Gasteiger charge is 2.34. The maximum Gasteiger partial charge on any atom is 0.188 e. The van der Waals surface area contributed by atoms with Gasteiger partial charge in [-0.25, -0.2) is 0 Å². The van der Waals surface area contributed by atoms with E-state index in [2.05, 4.69) is 29.0 Å². The van der Waals surface area contributed by atoms with E-state index in [-0.39, 0.29) is 29.4 Å². The molecule has 0 saturated carbocycles. The summed E-state index contributed by atoms with van der Waals surface area (Å²) < 4.78 is 10.8. The highest BCUT2D eigenvalue weighted by atomic mass is 127. The van der Waals surface area contributed by atoms with Crippen molar-refractivity contribution in [2.24, 2.45) is 10.7 Å². The third kappa shape index (κ3) is 5.66. The number of nitrogens with one attached hydrogen (secondary N) is 1. The first-order valence-corrected chi connectivity index (χ1v) is 7.96. The Balaban J connectivity index is 0.00000288. The fourth-order valence-corrected chi connectivity index (χ4v) is 2.78. The second-order valence-electron chi connectivity index (χ2n) is 6.13. The van der Waals surface area contributed by atoms with Crippen molar-refractivity contribution in [1.82, 2.24) is 5.32 Å². The van der Waals surface area contributed by atoms with Crippen molar-refractivity contribution in [3.63, 3.8) is 0 Å². The Bertz CT molecular complexity index is 552. The minimum absolute atomic E-state index is 0. The smallest absolute Gasteiger partial charge is 0.188 e. The fourth-order valence-electron chi connectivity index (χ4n) is 2.78. The maximum absolute atomic E-state index is 5.97. The zero-order valence-electron chi connectivity index (χ0n) is 14.5. The van der Waals surface area contributed by atoms with Crippen LogP contribution in [-0.2, 0) is 10.2 Å². The van der Waals surface area contributed by atoms with Gasteiger partial charge >= 0.3 is 0 Å². The van der Waals surface area contributed by atoms with Crippen LogP contribution in [0.1, 0.15) is 25.3 Å². The van der Waals surface area contributed by atoms with Crippen molar-refractivity contribution >= 4 is 29.9 Å². The lowest BCUT2D eigenvalue weighted by molar-refractivity contribution is 0.0531. The van der Waals surface area contributed by atoms with Crippen LogP contribution in [0.15, 0.2) is 41.4 Å². The molecule has 1 fully saturated rings. The first-order chi connectivity index (χ1) is 11.1. The third-order valence-corrected chi connectivity index (χ3v) is 4.28. The van der Waals surface area contributed by atoms with E-state index >= 15 is 0 Å². The van der Waals surface area contributed by atoms with Crippen molar-refractivity contribution in [3.8, 4) is 5.75 Å². The topological polar surface area (TPSA) is 68.9 Å². The molecule has 0 bridgehead atoms. The van der Waals surface area contributed by atoms with Gasteiger partial charge in [0.15, 0.2) is 5.96 Å². The van der Waals surface area contributed by atoms with Crippen LogP contribution in [0.2, 0.25) is 0 Å². The lowest BCUT2D eigenvalue weighted by Gasteiger charge is -2.36. The number of ether oxygens (including phenoxy) is 2. The summed E-state index contributed by atoms with van der Waals surface area (Å²) in [4.78, 5) is 4.57. The molecule has 1 aliphatic rings. The Labute approximate surface area is 161 Å². The molecule has 0 amide bonds. The number of nitrogens with two attached hydrogens (primary N) is 1. The minimum Gasteiger partial charge on any atom is -0.497 e. The lowest BCUT2D eigenvalue weighted by Crippen LogP contribution is -2.39. The summed E-state index contributed by atoms with van der Waals surface area (Å²) in [5, 5.41) is 3.09. The third-order valence-electron chi connectivity index (χ3n) is 4.28. The van der Waals surface area contributed by atoms with E-state index in [9.17, 15) is 0 Å². The monoisotopic (exact) mass is 445 g/mol. The molecule has 6 heteroatoms. The van der Waals surface area contributed by atoms with E-state index in [1.54, 1.807) is 7.11 Å². The summed E-state index contributed by atoms with van der Waals surface area (Å²) in [7, 11) is 1.68. The number of guanidine groups is 1. The molecule has 24 heavy (non-hydrogen) atoms. The molecule has 5 nitrogen and oxygen atoms in total. The molecule has 0 radical (unpaired) electrons. The van der Waals surface area contributed by atoms with E-state index in [1.165, 1.54) is 5.56 Å². The number of hydrogen-bond acceptors (Lipinski definition) is 3. The van der Waals surface area contributed by atoms with Crippen LogP contribution in [0, 0.1) is 0 Å². The van der Waals surface area contributed by atoms with Crippen LogP contribution in [0.3, 0.4) is 0 Å². The summed E-state index contributed by atoms with van der Waals surface area (Å²) >= 11 is 0. The molecule has 1 saturated heterocycles. The van der Waals surface area contributed by atoms with Crippen molar-refractivity contribution in [2.75, 3.05) is 33.4 Å². The molecule has 0 unspecified atom stereocenters. The molecule has 0 spiro atoms. The van der Waals surface area contributed by atoms with Gasteiger partial charge in [-0.2, -0.15) is 0 Å². The Morgan fingerprint density at radius 1 is 1.33 bits per heavy atom. The number of aliphatic imine (C=N–C) groups is 1. The van der Waals surface area contributed by atoms with Crippen molar-refractivity contribution in [2.45, 2.75) is 25.2 Å². The molecule has 0 aromatic heterocycles. The molecule has 3 N–H and O–H groups in total. The highest BCUT2D eigenvalue weighted by molar-refractivity contribution is 14.0. The summed E-state index contributed by atoms with van der Waals surface area (Å²) in [5.41, 5.74) is 8.23. The molecular formula is C18H28IN3O2. The number of rotatable bonds is 6. The van der Waals surface area contributed by atoms with Crippen LogP contribution < -0.4 is 15.8 Å². The second-order valence-corrected chi connectivity index (χ2v) is 6.13. The second kappa shape index (κ2) is 9.88. The quantitative estimate of drug-likeness (QED) is 0.306. The van der Waals surface area contributed by atoms with Crippen molar-refractivity contribution < 1.29 is 9.47 Å². The number of methoxy groups -OCH3 is 1. The van der Waals surface area contributed by atoms with E-state index < -0.39 is 0 Å². The standard InChI is InChI=1S/C18H27N3O2.HI/c1-14(2)12-20-17(19)21-13-18(8-10-23-11-9-18)15-4-6-16(22-3)7-5-15;/h4-7H,1,8-13H2,2-3H3,(H3,19,20,21);1H. The van der Waals surface area contributed by atoms with Gasteiger partial charge in [0.05, 0.1) is 13.7 Å². The minimum atomic E-state index is -0.0277. The van der Waals surface area contributed by atoms with E-state index in [1.807, 2.05) is 19.1 Å². The largest absolute Gasteiger partial charge is 0.497 e. The number of nitrogens with zero attached hydrogens (tertiary/aromatic N) is 1. The van der Waals surface area contributed by atoms with Crippen LogP contribution in [0.25, 0.3) is 0 Å². The Morgan fingerprint density at radius 3 is 2.50 bits per heavy atom. The maximum atomic E-state index is 5.97. The van der Waals surface area contributed by atoms with Gasteiger partial charge in [-0.1, -0.05) is 24.3 Å². The van der Waals surface area contributed by atoms with Gasteiger partial charge in [-0.3, -0.25) is 4.99 Å². The highest BCUT2D eigenvalue weighted by Crippen LogP contribution is 2.36. The summed E-state index contributed by atoms with van der Waals surface area (Å²) in [5.74, 6) is 1.33. The molecular weight excluding hydrogens is 417 g/mol. The van der Waals surface area contributed by atoms with Crippen LogP contribution >= 0.6 is 24.0 Å². The van der Waals surface area contributed by atoms with Gasteiger partial charge in [0.1, 0.15) is 5.75 Å². The molecule has 1 aromatic rings. The predicted octanol–water partition coefficient (Wildman–Crippen LogP) is 2.84. The molecule has 1 heterocycles. The Morgan fingerprint density at radius 2 is 1.96 bits per heavy atom. The molecule has 0 aliphatic carbocycles. The Hall–Kier alpha value is -1.28. The summed E-state index contributed by atoms with van der Waals surface area (Å²) in [6.45, 7) is 8.61. The summed E-state index contributed by atoms with van der Waals surface area (Å²) in [6, 6.07) is 8.24. The van der Waals surface area contributed by atoms with Gasteiger partial charge in [0.25, 0.3) is 0 Å². The molecule has 2 rings (SSSR count). The fraction of sp³-hybridized carbons (Fsp3) is 0.500. The van der Waals surface area contributed by atoms with E-state index in [0.29, 0.717) is 19.0 Å². The average molecular weight is 445 g/mol. The zero-order chi connectivity index (χ0) is 16.7. The van der Waals surface area contributed by atoms with Crippen molar-refractivity contribution in [1.29, 1.82) is 0 Å². The molecule has 1 aliphatic heterocycles.